The first-order valence-electron chi connectivity index (χ1n) is 10.5. The van der Waals surface area contributed by atoms with Crippen LogP contribution in [0.15, 0.2) is 47.5 Å². The molecule has 0 heterocycles. The van der Waals surface area contributed by atoms with Gasteiger partial charge in [-0.25, -0.2) is 4.79 Å². The number of hydrogen-bond acceptors (Lipinski definition) is 2. The molecule has 1 aliphatic rings. The van der Waals surface area contributed by atoms with Crippen molar-refractivity contribution in [3.8, 4) is 5.75 Å². The van der Waals surface area contributed by atoms with Crippen molar-refractivity contribution in [1.82, 2.24) is 0 Å². The topological polar surface area (TPSA) is 57.5 Å². The minimum absolute atomic E-state index is 0.334. The maximum absolute atomic E-state index is 11.3. The molecule has 2 aromatic rings. The number of benzene rings is 2. The number of rotatable bonds is 5. The van der Waals surface area contributed by atoms with E-state index >= 15 is 0 Å². The van der Waals surface area contributed by atoms with E-state index in [1.54, 1.807) is 12.1 Å². The largest absolute Gasteiger partial charge is 0.508 e. The van der Waals surface area contributed by atoms with Gasteiger partial charge >= 0.3 is 5.97 Å². The number of allylic oxidation sites excluding steroid dienone is 1. The lowest BCUT2D eigenvalue weighted by atomic mass is 9.82. The molecule has 1 fully saturated rings. The number of hydrogen-bond donors (Lipinski definition) is 2. The van der Waals surface area contributed by atoms with E-state index in [4.69, 9.17) is 0 Å². The SMILES string of the molecule is CCC(=Cc1ccc(C(=C2CCCCC2)c2ccc(O)c(C)c2C)cc1)C(=O)O. The number of carbonyl (C=O) groups is 1. The van der Waals surface area contributed by atoms with Gasteiger partial charge in [-0.15, -0.1) is 0 Å². The van der Waals surface area contributed by atoms with Gasteiger partial charge in [0.2, 0.25) is 0 Å². The zero-order chi connectivity index (χ0) is 21.0. The van der Waals surface area contributed by atoms with Crippen molar-refractivity contribution < 1.29 is 15.0 Å². The predicted octanol–water partition coefficient (Wildman–Crippen LogP) is 6.65. The van der Waals surface area contributed by atoms with Crippen molar-refractivity contribution >= 4 is 17.6 Å². The second kappa shape index (κ2) is 9.13. The van der Waals surface area contributed by atoms with Crippen LogP contribution in [0.2, 0.25) is 0 Å². The molecule has 3 nitrogen and oxygen atoms in total. The normalized spacial score (nSPS) is 14.7. The first-order valence-corrected chi connectivity index (χ1v) is 10.5. The fourth-order valence-electron chi connectivity index (χ4n) is 4.12. The molecule has 0 atom stereocenters. The lowest BCUT2D eigenvalue weighted by Gasteiger charge is -2.22. The van der Waals surface area contributed by atoms with Gasteiger partial charge in [-0.2, -0.15) is 0 Å². The zero-order valence-corrected chi connectivity index (χ0v) is 17.6. The van der Waals surface area contributed by atoms with Gasteiger partial charge in [0.05, 0.1) is 0 Å². The number of phenolic OH excluding ortho intramolecular Hbond substituents is 1. The highest BCUT2D eigenvalue weighted by Crippen LogP contribution is 2.38. The summed E-state index contributed by atoms with van der Waals surface area (Å²) >= 11 is 0. The summed E-state index contributed by atoms with van der Waals surface area (Å²) in [4.78, 5) is 11.3. The maximum Gasteiger partial charge on any atom is 0.331 e. The van der Waals surface area contributed by atoms with E-state index in [9.17, 15) is 15.0 Å². The summed E-state index contributed by atoms with van der Waals surface area (Å²) in [5, 5.41) is 19.4. The Morgan fingerprint density at radius 2 is 1.62 bits per heavy atom. The fourth-order valence-corrected chi connectivity index (χ4v) is 4.12. The molecule has 3 rings (SSSR count). The van der Waals surface area contributed by atoms with Crippen molar-refractivity contribution in [1.29, 1.82) is 0 Å². The second-order valence-electron chi connectivity index (χ2n) is 7.87. The molecule has 1 aliphatic carbocycles. The van der Waals surface area contributed by atoms with Crippen molar-refractivity contribution in [2.24, 2.45) is 0 Å². The minimum Gasteiger partial charge on any atom is -0.508 e. The summed E-state index contributed by atoms with van der Waals surface area (Å²) in [6.07, 6.45) is 8.17. The Bertz CT molecular complexity index is 954. The molecule has 0 saturated heterocycles. The molecule has 0 amide bonds. The van der Waals surface area contributed by atoms with E-state index in [-0.39, 0.29) is 0 Å². The third kappa shape index (κ3) is 4.61. The van der Waals surface area contributed by atoms with Crippen LogP contribution in [0.5, 0.6) is 5.75 Å². The summed E-state index contributed by atoms with van der Waals surface area (Å²) < 4.78 is 0. The maximum atomic E-state index is 11.3. The Morgan fingerprint density at radius 1 is 0.966 bits per heavy atom. The Balaban J connectivity index is 2.09. The third-order valence-electron chi connectivity index (χ3n) is 6.03. The van der Waals surface area contributed by atoms with E-state index in [1.165, 1.54) is 36.0 Å². The lowest BCUT2D eigenvalue weighted by Crippen LogP contribution is -2.03. The van der Waals surface area contributed by atoms with Crippen molar-refractivity contribution in [2.45, 2.75) is 59.3 Å². The monoisotopic (exact) mass is 390 g/mol. The van der Waals surface area contributed by atoms with Crippen molar-refractivity contribution in [2.75, 3.05) is 0 Å². The van der Waals surface area contributed by atoms with Gasteiger partial charge in [-0.1, -0.05) is 49.2 Å². The zero-order valence-electron chi connectivity index (χ0n) is 17.6. The molecular weight excluding hydrogens is 360 g/mol. The van der Waals surface area contributed by atoms with Crippen LogP contribution < -0.4 is 0 Å². The van der Waals surface area contributed by atoms with Crippen LogP contribution in [-0.4, -0.2) is 16.2 Å². The molecule has 152 valence electrons. The van der Waals surface area contributed by atoms with Crippen LogP contribution in [0.25, 0.3) is 11.6 Å². The second-order valence-corrected chi connectivity index (χ2v) is 7.87. The van der Waals surface area contributed by atoms with Gasteiger partial charge in [0.1, 0.15) is 5.75 Å². The van der Waals surface area contributed by atoms with Crippen LogP contribution >= 0.6 is 0 Å². The van der Waals surface area contributed by atoms with E-state index in [0.717, 1.165) is 35.1 Å². The van der Waals surface area contributed by atoms with Crippen molar-refractivity contribution in [3.63, 3.8) is 0 Å². The molecule has 0 aromatic heterocycles. The predicted molar refractivity (Wildman–Crippen MR) is 119 cm³/mol. The Kier molecular flexibility index (Phi) is 6.58. The van der Waals surface area contributed by atoms with Gasteiger partial charge in [0, 0.05) is 5.57 Å². The highest BCUT2D eigenvalue weighted by atomic mass is 16.4. The molecule has 0 spiro atoms. The summed E-state index contributed by atoms with van der Waals surface area (Å²) in [7, 11) is 0. The van der Waals surface area contributed by atoms with Crippen molar-refractivity contribution in [3.05, 3.63) is 75.4 Å². The molecule has 3 heteroatoms. The standard InChI is InChI=1S/C26H30O3/c1-4-20(26(28)29)16-19-10-12-22(13-11-19)25(21-8-6-5-7-9-21)23-14-15-24(27)18(3)17(23)2/h10-16,27H,4-9H2,1-3H3,(H,28,29). The van der Waals surface area contributed by atoms with Gasteiger partial charge in [0.25, 0.3) is 0 Å². The van der Waals surface area contributed by atoms with E-state index < -0.39 is 5.97 Å². The van der Waals surface area contributed by atoms with Crippen LogP contribution in [-0.2, 0) is 4.79 Å². The first kappa shape index (κ1) is 20.9. The molecule has 0 unspecified atom stereocenters. The highest BCUT2D eigenvalue weighted by Gasteiger charge is 2.18. The summed E-state index contributed by atoms with van der Waals surface area (Å²) in [5.74, 6) is -0.530. The number of carboxylic acid groups (broad SMARTS) is 1. The van der Waals surface area contributed by atoms with Gasteiger partial charge in [0.15, 0.2) is 0 Å². The average Bonchev–Trinajstić information content (AvgIpc) is 2.73. The minimum atomic E-state index is -0.864. The fraction of sp³-hybridized carbons (Fsp3) is 0.346. The third-order valence-corrected chi connectivity index (χ3v) is 6.03. The summed E-state index contributed by atoms with van der Waals surface area (Å²) in [6, 6.07) is 12.0. The molecule has 0 bridgehead atoms. The van der Waals surface area contributed by atoms with Gasteiger partial charge in [-0.3, -0.25) is 0 Å². The Labute approximate surface area is 173 Å². The molecule has 2 N–H and O–H groups in total. The average molecular weight is 391 g/mol. The summed E-state index contributed by atoms with van der Waals surface area (Å²) in [6.45, 7) is 5.89. The first-order chi connectivity index (χ1) is 13.9. The summed E-state index contributed by atoms with van der Waals surface area (Å²) in [5.41, 5.74) is 8.43. The van der Waals surface area contributed by atoms with Crippen LogP contribution in [0.3, 0.4) is 0 Å². The lowest BCUT2D eigenvalue weighted by molar-refractivity contribution is -0.132. The number of phenols is 1. The molecule has 0 aliphatic heterocycles. The Hall–Kier alpha value is -2.81. The van der Waals surface area contributed by atoms with Crippen LogP contribution in [0.4, 0.5) is 0 Å². The number of carboxylic acids is 1. The van der Waals surface area contributed by atoms with Gasteiger partial charge < -0.3 is 10.2 Å². The van der Waals surface area contributed by atoms with Gasteiger partial charge in [-0.05, 0) is 91.5 Å². The number of aliphatic carboxylic acids is 1. The molecule has 1 saturated carbocycles. The highest BCUT2D eigenvalue weighted by molar-refractivity contribution is 5.92. The smallest absolute Gasteiger partial charge is 0.331 e. The van der Waals surface area contributed by atoms with E-state index in [1.807, 2.05) is 32.0 Å². The molecule has 29 heavy (non-hydrogen) atoms. The van der Waals surface area contributed by atoms with Crippen LogP contribution in [0, 0.1) is 13.8 Å². The molecule has 2 aromatic carbocycles. The van der Waals surface area contributed by atoms with E-state index in [2.05, 4.69) is 19.1 Å². The van der Waals surface area contributed by atoms with E-state index in [0.29, 0.717) is 17.7 Å². The van der Waals surface area contributed by atoms with Crippen LogP contribution in [0.1, 0.15) is 73.3 Å². The quantitative estimate of drug-likeness (QED) is 0.562. The molecule has 0 radical (unpaired) electrons. The number of aromatic hydroxyl groups is 1. The molecular formula is C26H30O3. The Morgan fingerprint density at radius 3 is 2.21 bits per heavy atom.